The lowest BCUT2D eigenvalue weighted by molar-refractivity contribution is -0.121. The van der Waals surface area contributed by atoms with E-state index in [0.717, 1.165) is 17.5 Å². The Morgan fingerprint density at radius 2 is 1.76 bits per heavy atom. The van der Waals surface area contributed by atoms with Crippen LogP contribution in [-0.4, -0.2) is 29.1 Å². The van der Waals surface area contributed by atoms with Crippen molar-refractivity contribution in [1.29, 1.82) is 0 Å². The molecule has 0 bridgehead atoms. The third-order valence-corrected chi connectivity index (χ3v) is 5.73. The average Bonchev–Trinajstić information content (AvgIpc) is 2.75. The fourth-order valence-electron chi connectivity index (χ4n) is 4.13. The minimum atomic E-state index is -0.349. The summed E-state index contributed by atoms with van der Waals surface area (Å²) in [6, 6.07) is 21.7. The molecule has 1 aromatic heterocycles. The quantitative estimate of drug-likeness (QED) is 0.705. The van der Waals surface area contributed by atoms with E-state index in [1.54, 1.807) is 17.0 Å². The Labute approximate surface area is 169 Å². The number of carbonyl (C=O) groups is 1. The van der Waals surface area contributed by atoms with Gasteiger partial charge in [-0.3, -0.25) is 9.69 Å². The number of piperidine rings is 1. The van der Waals surface area contributed by atoms with E-state index in [1.807, 2.05) is 48.5 Å². The molecule has 1 aliphatic rings. The number of aliphatic hydroxyl groups excluding tert-OH is 1. The van der Waals surface area contributed by atoms with Gasteiger partial charge in [0.25, 0.3) is 0 Å². The van der Waals surface area contributed by atoms with Gasteiger partial charge in [0, 0.05) is 30.6 Å². The second-order valence-electron chi connectivity index (χ2n) is 7.48. The van der Waals surface area contributed by atoms with Gasteiger partial charge in [0.05, 0.1) is 5.69 Å². The zero-order chi connectivity index (χ0) is 20.3. The summed E-state index contributed by atoms with van der Waals surface area (Å²) >= 11 is 0. The van der Waals surface area contributed by atoms with Crippen LogP contribution in [0.25, 0.3) is 11.3 Å². The molecule has 1 atom stereocenters. The molecule has 148 valence electrons. The molecular weight excluding hydrogens is 367 g/mol. The van der Waals surface area contributed by atoms with Gasteiger partial charge in [-0.15, -0.1) is 0 Å². The van der Waals surface area contributed by atoms with E-state index in [0.29, 0.717) is 30.9 Å². The predicted octanol–water partition coefficient (Wildman–Crippen LogP) is 4.33. The summed E-state index contributed by atoms with van der Waals surface area (Å²) in [4.78, 5) is 19.5. The van der Waals surface area contributed by atoms with Gasteiger partial charge in [-0.25, -0.2) is 9.37 Å². The maximum atomic E-state index is 13.2. The number of anilines is 1. The molecular formula is C24H23FN2O2. The minimum absolute atomic E-state index is 0.00249. The van der Waals surface area contributed by atoms with Crippen LogP contribution in [0, 0.1) is 5.82 Å². The van der Waals surface area contributed by atoms with E-state index < -0.39 is 0 Å². The number of hydrogen-bond donors (Lipinski definition) is 1. The molecule has 3 aromatic rings. The molecule has 1 unspecified atom stereocenters. The predicted molar refractivity (Wildman–Crippen MR) is 111 cm³/mol. The lowest BCUT2D eigenvalue weighted by Crippen LogP contribution is -2.47. The van der Waals surface area contributed by atoms with Gasteiger partial charge in [0.15, 0.2) is 0 Å². The third-order valence-electron chi connectivity index (χ3n) is 5.73. The maximum absolute atomic E-state index is 13.2. The van der Waals surface area contributed by atoms with Gasteiger partial charge in [0.2, 0.25) is 5.91 Å². The Morgan fingerprint density at radius 1 is 1.00 bits per heavy atom. The van der Waals surface area contributed by atoms with E-state index in [-0.39, 0.29) is 23.7 Å². The Hall–Kier alpha value is -3.05. The number of pyridine rings is 1. The van der Waals surface area contributed by atoms with E-state index >= 15 is 0 Å². The summed E-state index contributed by atoms with van der Waals surface area (Å²) in [6.07, 6.45) is 1.64. The van der Waals surface area contributed by atoms with Crippen LogP contribution in [0.15, 0.2) is 72.8 Å². The van der Waals surface area contributed by atoms with Crippen molar-refractivity contribution in [3.63, 3.8) is 0 Å². The van der Waals surface area contributed by atoms with Crippen LogP contribution in [0.3, 0.4) is 0 Å². The van der Waals surface area contributed by atoms with Crippen molar-refractivity contribution in [2.24, 2.45) is 0 Å². The Bertz CT molecular complexity index is 991. The topological polar surface area (TPSA) is 53.4 Å². The smallest absolute Gasteiger partial charge is 0.229 e. The fourth-order valence-corrected chi connectivity index (χ4v) is 4.13. The molecule has 1 aliphatic heterocycles. The highest BCUT2D eigenvalue weighted by molar-refractivity contribution is 5.94. The van der Waals surface area contributed by atoms with Crippen LogP contribution in [0.5, 0.6) is 0 Å². The molecule has 5 heteroatoms. The SMILES string of the molecule is O=C1CC(CCO)(c2ccccc2)CCN1c1cccc(-c2ccc(F)cc2)n1. The van der Waals surface area contributed by atoms with Crippen molar-refractivity contribution >= 4 is 11.7 Å². The highest BCUT2D eigenvalue weighted by Crippen LogP contribution is 2.40. The van der Waals surface area contributed by atoms with E-state index in [4.69, 9.17) is 0 Å². The Morgan fingerprint density at radius 3 is 2.45 bits per heavy atom. The molecule has 0 saturated carbocycles. The summed E-state index contributed by atoms with van der Waals surface area (Å²) < 4.78 is 13.2. The van der Waals surface area contributed by atoms with Crippen molar-refractivity contribution in [2.75, 3.05) is 18.1 Å². The number of halogens is 1. The van der Waals surface area contributed by atoms with Crippen LogP contribution in [-0.2, 0) is 10.2 Å². The summed E-state index contributed by atoms with van der Waals surface area (Å²) in [5.41, 5.74) is 2.25. The van der Waals surface area contributed by atoms with Gasteiger partial charge in [0.1, 0.15) is 11.6 Å². The molecule has 0 radical (unpaired) electrons. The summed E-state index contributed by atoms with van der Waals surface area (Å²) in [5.74, 6) is 0.303. The first-order chi connectivity index (χ1) is 14.1. The second kappa shape index (κ2) is 8.13. The number of nitrogens with zero attached hydrogens (tertiary/aromatic N) is 2. The van der Waals surface area contributed by atoms with Crippen LogP contribution in [0.1, 0.15) is 24.8 Å². The second-order valence-corrected chi connectivity index (χ2v) is 7.48. The summed E-state index contributed by atoms with van der Waals surface area (Å²) in [5, 5.41) is 9.63. The molecule has 29 heavy (non-hydrogen) atoms. The first-order valence-electron chi connectivity index (χ1n) is 9.81. The number of aromatic nitrogens is 1. The molecule has 1 saturated heterocycles. The van der Waals surface area contributed by atoms with E-state index in [9.17, 15) is 14.3 Å². The molecule has 1 amide bonds. The Balaban J connectivity index is 1.60. The van der Waals surface area contributed by atoms with Crippen molar-refractivity contribution in [2.45, 2.75) is 24.7 Å². The van der Waals surface area contributed by atoms with E-state index in [1.165, 1.54) is 12.1 Å². The first kappa shape index (κ1) is 19.3. The normalized spacial score (nSPS) is 19.4. The number of aliphatic hydroxyl groups is 1. The molecule has 0 aliphatic carbocycles. The zero-order valence-corrected chi connectivity index (χ0v) is 16.1. The summed E-state index contributed by atoms with van der Waals surface area (Å²) in [6.45, 7) is 0.577. The molecule has 4 nitrogen and oxygen atoms in total. The van der Waals surface area contributed by atoms with Gasteiger partial charge in [-0.05, 0) is 54.8 Å². The van der Waals surface area contributed by atoms with Crippen LogP contribution < -0.4 is 4.90 Å². The highest BCUT2D eigenvalue weighted by Gasteiger charge is 2.40. The highest BCUT2D eigenvalue weighted by atomic mass is 19.1. The van der Waals surface area contributed by atoms with Crippen LogP contribution in [0.4, 0.5) is 10.2 Å². The zero-order valence-electron chi connectivity index (χ0n) is 16.1. The molecule has 4 rings (SSSR count). The number of carbonyl (C=O) groups excluding carboxylic acids is 1. The molecule has 2 heterocycles. The molecule has 0 spiro atoms. The molecule has 1 fully saturated rings. The molecule has 1 N–H and O–H groups in total. The summed E-state index contributed by atoms with van der Waals surface area (Å²) in [7, 11) is 0. The fraction of sp³-hybridized carbons (Fsp3) is 0.250. The van der Waals surface area contributed by atoms with Crippen LogP contribution in [0.2, 0.25) is 0 Å². The van der Waals surface area contributed by atoms with Crippen molar-refractivity contribution in [1.82, 2.24) is 4.98 Å². The lowest BCUT2D eigenvalue weighted by atomic mass is 9.70. The monoisotopic (exact) mass is 390 g/mol. The van der Waals surface area contributed by atoms with Gasteiger partial charge >= 0.3 is 0 Å². The minimum Gasteiger partial charge on any atom is -0.396 e. The maximum Gasteiger partial charge on any atom is 0.229 e. The van der Waals surface area contributed by atoms with Crippen molar-refractivity contribution in [3.8, 4) is 11.3 Å². The number of hydrogen-bond acceptors (Lipinski definition) is 3. The third kappa shape index (κ3) is 3.91. The Kier molecular flexibility index (Phi) is 5.41. The van der Waals surface area contributed by atoms with Crippen molar-refractivity contribution in [3.05, 3.63) is 84.2 Å². The standard InChI is InChI=1S/C24H23FN2O2/c25-20-11-9-18(10-12-20)21-7-4-8-22(26-21)27-15-13-24(14-16-28,17-23(27)29)19-5-2-1-3-6-19/h1-12,28H,13-17H2. The van der Waals surface area contributed by atoms with Gasteiger partial charge in [-0.1, -0.05) is 36.4 Å². The van der Waals surface area contributed by atoms with Gasteiger partial charge in [-0.2, -0.15) is 0 Å². The van der Waals surface area contributed by atoms with Gasteiger partial charge < -0.3 is 5.11 Å². The number of amides is 1. The first-order valence-corrected chi connectivity index (χ1v) is 9.81. The lowest BCUT2D eigenvalue weighted by Gasteiger charge is -2.41. The average molecular weight is 390 g/mol. The number of benzene rings is 2. The van der Waals surface area contributed by atoms with Crippen LogP contribution >= 0.6 is 0 Å². The largest absolute Gasteiger partial charge is 0.396 e. The molecule has 2 aromatic carbocycles. The number of rotatable bonds is 5. The van der Waals surface area contributed by atoms with E-state index in [2.05, 4.69) is 4.98 Å². The van der Waals surface area contributed by atoms with Crippen molar-refractivity contribution < 1.29 is 14.3 Å².